The van der Waals surface area contributed by atoms with Gasteiger partial charge in [-0.05, 0) is 88.4 Å². The van der Waals surface area contributed by atoms with Crippen molar-refractivity contribution in [3.63, 3.8) is 0 Å². The number of morpholine rings is 1. The topological polar surface area (TPSA) is 150 Å². The molecule has 4 heterocycles. The lowest BCUT2D eigenvalue weighted by molar-refractivity contribution is -0.0852. The highest BCUT2D eigenvalue weighted by molar-refractivity contribution is 6.32. The lowest BCUT2D eigenvalue weighted by Crippen LogP contribution is -2.51. The lowest BCUT2D eigenvalue weighted by Gasteiger charge is -2.42. The second-order valence-electron chi connectivity index (χ2n) is 13.9. The predicted octanol–water partition coefficient (Wildman–Crippen LogP) is 5.32. The van der Waals surface area contributed by atoms with Gasteiger partial charge in [-0.3, -0.25) is 9.58 Å². The van der Waals surface area contributed by atoms with Gasteiger partial charge in [0.2, 0.25) is 5.95 Å². The molecular weight excluding hydrogens is 648 g/mol. The Morgan fingerprint density at radius 2 is 1.78 bits per heavy atom. The zero-order chi connectivity index (χ0) is 34.5. The first-order chi connectivity index (χ1) is 23.5. The van der Waals surface area contributed by atoms with Crippen molar-refractivity contribution in [3.05, 3.63) is 48.1 Å². The number of hydrogen-bond acceptors (Lipinski definition) is 12. The molecule has 1 saturated carbocycles. The summed E-state index contributed by atoms with van der Waals surface area (Å²) in [6.07, 6.45) is 12.1. The van der Waals surface area contributed by atoms with Crippen LogP contribution in [0.2, 0.25) is 5.02 Å². The minimum Gasteiger partial charge on any atom is -0.487 e. The molecule has 1 aliphatic carbocycles. The first kappa shape index (κ1) is 35.0. The highest BCUT2D eigenvalue weighted by Crippen LogP contribution is 2.36. The number of rotatable bonds is 13. The molecule has 0 unspecified atom stereocenters. The van der Waals surface area contributed by atoms with Gasteiger partial charge in [-0.2, -0.15) is 0 Å². The standard InChI is InChI=1S/C34H47ClN10O4/c1-22-17-43(18-23(2)48-22)27-7-9-28(10-8-27)45-20-30(32(40-45)47-13-12-34(4,5)46)39-33-36-15-26(16-37-33)25-6-11-29(35)31(14-25)49-24(3)19-44-21-38-41-42-44/h6,11,14-16,20-24,27-28,46H,7-10,12-13,17-19H2,1-5H3,(H,36,37,39)/t22-,23+,24-,27-,28-/m0/s1. The summed E-state index contributed by atoms with van der Waals surface area (Å²) >= 11 is 6.46. The van der Waals surface area contributed by atoms with Crippen LogP contribution >= 0.6 is 11.6 Å². The van der Waals surface area contributed by atoms with Gasteiger partial charge in [-0.1, -0.05) is 17.7 Å². The van der Waals surface area contributed by atoms with Crippen molar-refractivity contribution in [2.24, 2.45) is 0 Å². The van der Waals surface area contributed by atoms with E-state index in [9.17, 15) is 5.11 Å². The summed E-state index contributed by atoms with van der Waals surface area (Å²) in [6.45, 7) is 12.6. The number of ether oxygens (including phenoxy) is 3. The Kier molecular flexibility index (Phi) is 11.0. The number of hydrogen-bond donors (Lipinski definition) is 2. The summed E-state index contributed by atoms with van der Waals surface area (Å²) in [5.74, 6) is 1.42. The number of nitrogens with one attached hydrogen (secondary N) is 1. The van der Waals surface area contributed by atoms with Gasteiger partial charge >= 0.3 is 0 Å². The van der Waals surface area contributed by atoms with Gasteiger partial charge in [0.15, 0.2) is 0 Å². The molecule has 3 aromatic heterocycles. The highest BCUT2D eigenvalue weighted by Gasteiger charge is 2.32. The van der Waals surface area contributed by atoms with E-state index in [0.717, 1.165) is 49.9 Å². The summed E-state index contributed by atoms with van der Waals surface area (Å²) in [5, 5.41) is 30.1. The van der Waals surface area contributed by atoms with Gasteiger partial charge in [0.05, 0.1) is 48.2 Å². The molecule has 4 aromatic rings. The van der Waals surface area contributed by atoms with E-state index in [2.05, 4.69) is 49.6 Å². The van der Waals surface area contributed by atoms with E-state index in [1.807, 2.05) is 29.9 Å². The van der Waals surface area contributed by atoms with Crippen molar-refractivity contribution in [2.45, 2.75) is 109 Å². The smallest absolute Gasteiger partial charge is 0.256 e. The molecule has 0 spiro atoms. The largest absolute Gasteiger partial charge is 0.487 e. The Hall–Kier alpha value is -3.85. The number of halogens is 1. The number of tetrazole rings is 1. The van der Waals surface area contributed by atoms with Crippen LogP contribution in [0.4, 0.5) is 11.6 Å². The Labute approximate surface area is 292 Å². The van der Waals surface area contributed by atoms with Crippen LogP contribution in [0.3, 0.4) is 0 Å². The van der Waals surface area contributed by atoms with Crippen molar-refractivity contribution in [2.75, 3.05) is 25.0 Å². The molecule has 1 aromatic carbocycles. The zero-order valence-corrected chi connectivity index (χ0v) is 29.6. The van der Waals surface area contributed by atoms with Crippen LogP contribution in [0.15, 0.2) is 43.1 Å². The van der Waals surface area contributed by atoms with Crippen molar-refractivity contribution in [3.8, 4) is 22.8 Å². The number of aliphatic hydroxyl groups is 1. The third-order valence-corrected chi connectivity index (χ3v) is 9.29. The molecule has 3 atom stereocenters. The molecule has 14 nitrogen and oxygen atoms in total. The highest BCUT2D eigenvalue weighted by atomic mass is 35.5. The first-order valence-electron chi connectivity index (χ1n) is 17.1. The van der Waals surface area contributed by atoms with E-state index in [1.54, 1.807) is 43.3 Å². The monoisotopic (exact) mass is 694 g/mol. The van der Waals surface area contributed by atoms with Gasteiger partial charge in [0.1, 0.15) is 23.9 Å². The second-order valence-corrected chi connectivity index (χ2v) is 14.3. The van der Waals surface area contributed by atoms with Crippen molar-refractivity contribution >= 4 is 23.2 Å². The molecule has 0 bridgehead atoms. The van der Waals surface area contributed by atoms with E-state index in [0.29, 0.717) is 53.9 Å². The minimum absolute atomic E-state index is 0.215. The van der Waals surface area contributed by atoms with E-state index in [4.69, 9.17) is 30.9 Å². The number of anilines is 2. The fraction of sp³-hybridized carbons (Fsp3) is 0.588. The number of aromatic nitrogens is 8. The molecule has 6 rings (SSSR count). The predicted molar refractivity (Wildman–Crippen MR) is 185 cm³/mol. The van der Waals surface area contributed by atoms with E-state index in [-0.39, 0.29) is 24.4 Å². The fourth-order valence-corrected chi connectivity index (χ4v) is 6.73. The molecule has 2 aliphatic rings. The van der Waals surface area contributed by atoms with Crippen molar-refractivity contribution in [1.29, 1.82) is 0 Å². The van der Waals surface area contributed by atoms with Crippen LogP contribution < -0.4 is 14.8 Å². The van der Waals surface area contributed by atoms with Crippen LogP contribution in [-0.4, -0.2) is 99.6 Å². The van der Waals surface area contributed by atoms with Gasteiger partial charge in [-0.25, -0.2) is 14.6 Å². The van der Waals surface area contributed by atoms with Crippen LogP contribution in [0.25, 0.3) is 11.1 Å². The van der Waals surface area contributed by atoms with Crippen LogP contribution in [-0.2, 0) is 11.3 Å². The maximum Gasteiger partial charge on any atom is 0.256 e. The summed E-state index contributed by atoms with van der Waals surface area (Å²) in [4.78, 5) is 11.8. The van der Waals surface area contributed by atoms with Gasteiger partial charge in [0, 0.05) is 43.5 Å². The van der Waals surface area contributed by atoms with Crippen LogP contribution in [0.1, 0.15) is 72.8 Å². The Bertz CT molecular complexity index is 1630. The molecule has 0 radical (unpaired) electrons. The van der Waals surface area contributed by atoms with E-state index < -0.39 is 5.60 Å². The van der Waals surface area contributed by atoms with Gasteiger partial charge < -0.3 is 24.6 Å². The molecule has 0 amide bonds. The third kappa shape index (κ3) is 9.44. The second kappa shape index (κ2) is 15.4. The molecule has 15 heteroatoms. The van der Waals surface area contributed by atoms with E-state index in [1.165, 1.54) is 0 Å². The van der Waals surface area contributed by atoms with Crippen LogP contribution in [0.5, 0.6) is 11.6 Å². The number of benzene rings is 1. The van der Waals surface area contributed by atoms with Crippen molar-refractivity contribution in [1.82, 2.24) is 44.9 Å². The summed E-state index contributed by atoms with van der Waals surface area (Å²) in [7, 11) is 0. The van der Waals surface area contributed by atoms with E-state index >= 15 is 0 Å². The fourth-order valence-electron chi connectivity index (χ4n) is 6.57. The lowest BCUT2D eigenvalue weighted by atomic mass is 9.89. The SMILES string of the molecule is C[C@@H]1CN([C@H]2CC[C@H](n3cc(Nc4ncc(-c5ccc(Cl)c(O[C@@H](C)Cn6cnnn6)c5)cn4)c(OCCC(C)(C)O)n3)CC2)C[C@H](C)O1. The normalized spacial score (nSPS) is 22.5. The molecule has 2 N–H and O–H groups in total. The first-order valence-corrected chi connectivity index (χ1v) is 17.5. The molecule has 264 valence electrons. The maximum atomic E-state index is 10.2. The van der Waals surface area contributed by atoms with Gasteiger partial charge in [-0.15, -0.1) is 10.2 Å². The van der Waals surface area contributed by atoms with Gasteiger partial charge in [0.25, 0.3) is 5.88 Å². The Morgan fingerprint density at radius 1 is 1.06 bits per heavy atom. The quantitative estimate of drug-likeness (QED) is 0.186. The summed E-state index contributed by atoms with van der Waals surface area (Å²) < 4.78 is 21.8. The zero-order valence-electron chi connectivity index (χ0n) is 28.9. The maximum absolute atomic E-state index is 10.2. The average molecular weight is 695 g/mol. The molecule has 1 saturated heterocycles. The Balaban J connectivity index is 1.13. The molecular formula is C34H47ClN10O4. The number of nitrogens with zero attached hydrogens (tertiary/aromatic N) is 9. The molecule has 1 aliphatic heterocycles. The third-order valence-electron chi connectivity index (χ3n) is 8.98. The summed E-state index contributed by atoms with van der Waals surface area (Å²) in [6, 6.07) is 6.40. The molecule has 2 fully saturated rings. The van der Waals surface area contributed by atoms with Crippen molar-refractivity contribution < 1.29 is 19.3 Å². The van der Waals surface area contributed by atoms with Crippen LogP contribution in [0, 0.1) is 0 Å². The minimum atomic E-state index is -0.846. The summed E-state index contributed by atoms with van der Waals surface area (Å²) in [5.41, 5.74) is 1.50. The Morgan fingerprint density at radius 3 is 2.45 bits per heavy atom. The average Bonchev–Trinajstić information content (AvgIpc) is 3.71. The molecule has 49 heavy (non-hydrogen) atoms.